The Hall–Kier alpha value is -6.12. The van der Waals surface area contributed by atoms with Crippen molar-refractivity contribution in [2.75, 3.05) is 83.4 Å². The number of methoxy groups -OCH3 is 5. The number of aromatic nitrogens is 4. The van der Waals surface area contributed by atoms with Crippen LogP contribution >= 0.6 is 0 Å². The summed E-state index contributed by atoms with van der Waals surface area (Å²) in [5.41, 5.74) is 4.69. The zero-order valence-electron chi connectivity index (χ0n) is 35.8. The maximum Gasteiger partial charge on any atom is 0.410 e. The summed E-state index contributed by atoms with van der Waals surface area (Å²) in [6.45, 7) is 12.4. The Morgan fingerprint density at radius 2 is 1.36 bits per heavy atom. The van der Waals surface area contributed by atoms with Gasteiger partial charge in [-0.05, 0) is 57.5 Å². The fourth-order valence-electron chi connectivity index (χ4n) is 6.96. The first-order valence-corrected chi connectivity index (χ1v) is 20.0. The van der Waals surface area contributed by atoms with Crippen molar-refractivity contribution in [2.24, 2.45) is 0 Å². The minimum atomic E-state index is -0.529. The van der Waals surface area contributed by atoms with Gasteiger partial charge in [-0.15, -0.1) is 0 Å². The first-order chi connectivity index (χ1) is 28.4. The van der Waals surface area contributed by atoms with E-state index in [-0.39, 0.29) is 6.09 Å². The predicted molar refractivity (Wildman–Crippen MR) is 230 cm³/mol. The minimum Gasteiger partial charge on any atom is -0.497 e. The molecule has 1 amide bonds. The average Bonchev–Trinajstić information content (AvgIpc) is 3.65. The van der Waals surface area contributed by atoms with Crippen LogP contribution in [0.3, 0.4) is 0 Å². The smallest absolute Gasteiger partial charge is 0.410 e. The van der Waals surface area contributed by atoms with E-state index in [1.54, 1.807) is 40.4 Å². The highest BCUT2D eigenvalue weighted by Gasteiger charge is 2.27. The highest BCUT2D eigenvalue weighted by atomic mass is 16.6. The van der Waals surface area contributed by atoms with Crippen LogP contribution in [0.1, 0.15) is 57.2 Å². The molecule has 1 aliphatic rings. The zero-order valence-corrected chi connectivity index (χ0v) is 35.8. The van der Waals surface area contributed by atoms with Crippen LogP contribution in [0.2, 0.25) is 0 Å². The molecule has 1 aliphatic heterocycles. The number of nitrogens with one attached hydrogen (secondary N) is 1. The molecule has 59 heavy (non-hydrogen) atoms. The van der Waals surface area contributed by atoms with Gasteiger partial charge in [-0.3, -0.25) is 4.68 Å². The molecule has 0 aliphatic carbocycles. The second-order valence-corrected chi connectivity index (χ2v) is 15.4. The monoisotopic (exact) mass is 810 g/mol. The van der Waals surface area contributed by atoms with E-state index in [0.717, 1.165) is 47.5 Å². The molecular formula is C44H58N8O7. The number of ether oxygens (including phenoxy) is 6. The highest BCUT2D eigenvalue weighted by molar-refractivity contribution is 5.86. The van der Waals surface area contributed by atoms with Gasteiger partial charge >= 0.3 is 6.09 Å². The molecule has 0 spiro atoms. The molecule has 0 atom stereocenters. The van der Waals surface area contributed by atoms with E-state index < -0.39 is 5.60 Å². The number of hydrogen-bond acceptors (Lipinski definition) is 13. The zero-order chi connectivity index (χ0) is 42.1. The fraction of sp³-hybridized carbons (Fsp3) is 0.455. The molecule has 316 valence electrons. The van der Waals surface area contributed by atoms with Gasteiger partial charge in [-0.1, -0.05) is 19.4 Å². The van der Waals surface area contributed by atoms with Crippen LogP contribution in [0.15, 0.2) is 60.8 Å². The lowest BCUT2D eigenvalue weighted by Crippen LogP contribution is -2.50. The van der Waals surface area contributed by atoms with Crippen molar-refractivity contribution < 1.29 is 33.2 Å². The van der Waals surface area contributed by atoms with Crippen molar-refractivity contribution in [3.8, 4) is 28.7 Å². The molecule has 15 heteroatoms. The Morgan fingerprint density at radius 3 is 1.92 bits per heavy atom. The second-order valence-electron chi connectivity index (χ2n) is 15.4. The van der Waals surface area contributed by atoms with Gasteiger partial charge in [0.2, 0.25) is 5.95 Å². The summed E-state index contributed by atoms with van der Waals surface area (Å²) < 4.78 is 36.0. The largest absolute Gasteiger partial charge is 0.497 e. The maximum atomic E-state index is 12.6. The molecule has 15 nitrogen and oxygen atoms in total. The number of amides is 1. The molecule has 5 aromatic rings. The van der Waals surface area contributed by atoms with Gasteiger partial charge in [0.1, 0.15) is 39.9 Å². The summed E-state index contributed by atoms with van der Waals surface area (Å²) in [7, 11) is 8.26. The number of benzene rings is 3. The van der Waals surface area contributed by atoms with Gasteiger partial charge in [0.15, 0.2) is 11.3 Å². The second kappa shape index (κ2) is 19.1. The Labute approximate surface area is 347 Å². The molecule has 2 aromatic heterocycles. The van der Waals surface area contributed by atoms with Crippen molar-refractivity contribution in [3.63, 3.8) is 0 Å². The van der Waals surface area contributed by atoms with Crippen molar-refractivity contribution in [1.82, 2.24) is 24.6 Å². The molecule has 0 bridgehead atoms. The van der Waals surface area contributed by atoms with E-state index in [1.807, 2.05) is 68.0 Å². The molecule has 0 radical (unpaired) electrons. The quantitative estimate of drug-likeness (QED) is 0.0936. The standard InChI is InChI=1S/C44H58N8O7/c1-10-11-18-45-41-40-36(29-52(48-40)28-32-12-15-33(23-37(32)56-7)49-19-21-50(22-20-49)43(53)59-44(2,3)4)46-42(47-41)51(26-30-13-16-34(54-5)24-38(30)57-8)27-31-14-17-35(55-6)25-39(31)58-9/h12-17,23-25,29H,10-11,18-22,26-28H2,1-9H3,(H,45,46,47). The lowest BCUT2D eigenvalue weighted by Gasteiger charge is -2.37. The van der Waals surface area contributed by atoms with Gasteiger partial charge in [-0.25, -0.2) is 9.78 Å². The number of anilines is 3. The highest BCUT2D eigenvalue weighted by Crippen LogP contribution is 2.33. The third-order valence-electron chi connectivity index (χ3n) is 10.1. The number of rotatable bonds is 17. The van der Waals surface area contributed by atoms with Crippen molar-refractivity contribution >= 4 is 34.6 Å². The number of nitrogens with zero attached hydrogens (tertiary/aromatic N) is 7. The summed E-state index contributed by atoms with van der Waals surface area (Å²) in [4.78, 5) is 29.0. The molecule has 3 aromatic carbocycles. The van der Waals surface area contributed by atoms with Crippen molar-refractivity contribution in [2.45, 2.75) is 65.8 Å². The lowest BCUT2D eigenvalue weighted by atomic mass is 10.1. The number of carbonyl (C=O) groups excluding carboxylic acids is 1. The van der Waals surface area contributed by atoms with Crippen LogP contribution in [0.4, 0.5) is 22.2 Å². The van der Waals surface area contributed by atoms with Gasteiger partial charge in [0.25, 0.3) is 0 Å². The molecule has 1 N–H and O–H groups in total. The average molecular weight is 811 g/mol. The first kappa shape index (κ1) is 42.5. The van der Waals surface area contributed by atoms with Gasteiger partial charge in [0.05, 0.1) is 48.3 Å². The molecule has 3 heterocycles. The third kappa shape index (κ3) is 10.5. The Morgan fingerprint density at radius 1 is 0.763 bits per heavy atom. The maximum absolute atomic E-state index is 12.6. The molecule has 6 rings (SSSR count). The summed E-state index contributed by atoms with van der Waals surface area (Å²) in [5, 5.41) is 8.57. The van der Waals surface area contributed by atoms with Crippen LogP contribution in [-0.4, -0.2) is 105 Å². The molecular weight excluding hydrogens is 753 g/mol. The number of hydrogen-bond donors (Lipinski definition) is 1. The van der Waals surface area contributed by atoms with Crippen LogP contribution in [0.25, 0.3) is 11.0 Å². The number of piperazine rings is 1. The Kier molecular flexibility index (Phi) is 13.7. The number of carbonyl (C=O) groups is 1. The van der Waals surface area contributed by atoms with E-state index in [1.165, 1.54) is 0 Å². The molecule has 1 fully saturated rings. The fourth-order valence-corrected chi connectivity index (χ4v) is 6.96. The van der Waals surface area contributed by atoms with E-state index >= 15 is 0 Å². The van der Waals surface area contributed by atoms with Crippen LogP contribution in [0, 0.1) is 0 Å². The van der Waals surface area contributed by atoms with E-state index in [2.05, 4.69) is 40.2 Å². The van der Waals surface area contributed by atoms with Crippen molar-refractivity contribution in [3.05, 3.63) is 77.5 Å². The van der Waals surface area contributed by atoms with E-state index in [4.69, 9.17) is 43.5 Å². The van der Waals surface area contributed by atoms with E-state index in [9.17, 15) is 4.79 Å². The minimum absolute atomic E-state index is 0.278. The number of unbranched alkanes of at least 4 members (excludes halogenated alkanes) is 1. The van der Waals surface area contributed by atoms with E-state index in [0.29, 0.717) is 91.6 Å². The third-order valence-corrected chi connectivity index (χ3v) is 10.1. The summed E-state index contributed by atoms with van der Waals surface area (Å²) in [5.74, 6) is 4.69. The Balaban J connectivity index is 1.31. The summed E-state index contributed by atoms with van der Waals surface area (Å²) in [6, 6.07) is 17.8. The predicted octanol–water partition coefficient (Wildman–Crippen LogP) is 7.39. The summed E-state index contributed by atoms with van der Waals surface area (Å²) >= 11 is 0. The van der Waals surface area contributed by atoms with Crippen LogP contribution in [-0.2, 0) is 24.4 Å². The molecule has 0 saturated carbocycles. The Bertz CT molecular complexity index is 2140. The van der Waals surface area contributed by atoms with Gasteiger partial charge in [-0.2, -0.15) is 10.1 Å². The normalized spacial score (nSPS) is 13.0. The summed E-state index contributed by atoms with van der Waals surface area (Å²) in [6.07, 6.45) is 3.67. The lowest BCUT2D eigenvalue weighted by molar-refractivity contribution is 0.0240. The van der Waals surface area contributed by atoms with Gasteiger partial charge < -0.3 is 48.4 Å². The van der Waals surface area contributed by atoms with Gasteiger partial charge in [0, 0.05) is 86.4 Å². The molecule has 1 saturated heterocycles. The van der Waals surface area contributed by atoms with Crippen LogP contribution < -0.4 is 38.8 Å². The van der Waals surface area contributed by atoms with Crippen molar-refractivity contribution in [1.29, 1.82) is 0 Å². The molecule has 0 unspecified atom stereocenters. The first-order valence-electron chi connectivity index (χ1n) is 20.0. The van der Waals surface area contributed by atoms with Crippen LogP contribution in [0.5, 0.6) is 28.7 Å². The topological polar surface area (TPSA) is 138 Å². The number of fused-ring (bicyclic) bond motifs is 1. The SMILES string of the molecule is CCCCNc1nc(N(Cc2ccc(OC)cc2OC)Cc2ccc(OC)cc2OC)nc2cn(Cc3ccc(N4CCN(C(=O)OC(C)(C)C)CC4)cc3OC)nc12.